The zero-order valence-electron chi connectivity index (χ0n) is 7.47. The number of hydrogen-bond donors (Lipinski definition) is 0. The first-order valence-corrected chi connectivity index (χ1v) is 4.48. The predicted molar refractivity (Wildman–Crippen MR) is 52.5 cm³/mol. The molecule has 0 bridgehead atoms. The highest BCUT2D eigenvalue weighted by Crippen LogP contribution is 1.99. The van der Waals surface area contributed by atoms with Crippen molar-refractivity contribution in [3.8, 4) is 0 Å². The van der Waals surface area contributed by atoms with Gasteiger partial charge in [0.15, 0.2) is 0 Å². The molecule has 0 aromatic rings. The van der Waals surface area contributed by atoms with Gasteiger partial charge in [0.25, 0.3) is 0 Å². The molecule has 1 nitrogen and oxygen atoms in total. The molecule has 11 heavy (non-hydrogen) atoms. The van der Waals surface area contributed by atoms with E-state index in [1.165, 1.54) is 0 Å². The third kappa shape index (κ3) is 6.11. The van der Waals surface area contributed by atoms with Crippen molar-refractivity contribution in [2.45, 2.75) is 39.7 Å². The lowest BCUT2D eigenvalue weighted by Gasteiger charge is -1.99. The molecule has 2 heteroatoms. The maximum atomic E-state index is 5.80. The first-order chi connectivity index (χ1) is 5.20. The number of halogens is 1. The number of allylic oxidation sites excluding steroid dienone is 2. The van der Waals surface area contributed by atoms with Gasteiger partial charge in [-0.1, -0.05) is 31.5 Å². The largest absolute Gasteiger partial charge is 0.270 e. The topological polar surface area (TPSA) is 12.4 Å². The molecule has 0 saturated heterocycles. The van der Waals surface area contributed by atoms with E-state index in [9.17, 15) is 0 Å². The molecule has 64 valence electrons. The van der Waals surface area contributed by atoms with Crippen LogP contribution in [-0.4, -0.2) is 11.2 Å². The minimum absolute atomic E-state index is 0.337. The van der Waals surface area contributed by atoms with Crippen LogP contribution in [-0.2, 0) is 0 Å². The average molecular weight is 174 g/mol. The van der Waals surface area contributed by atoms with Crippen LogP contribution in [0.15, 0.2) is 17.1 Å². The van der Waals surface area contributed by atoms with E-state index in [1.54, 1.807) is 0 Å². The molecular formula is C9H16ClN. The lowest BCUT2D eigenvalue weighted by atomic mass is 10.3. The third-order valence-electron chi connectivity index (χ3n) is 1.43. The summed E-state index contributed by atoms with van der Waals surface area (Å²) in [5.41, 5.74) is 0. The third-order valence-corrected chi connectivity index (χ3v) is 1.65. The number of nitrogens with zero attached hydrogens (tertiary/aromatic N) is 1. The Morgan fingerprint density at radius 1 is 1.55 bits per heavy atom. The van der Waals surface area contributed by atoms with E-state index >= 15 is 0 Å². The molecule has 0 aliphatic carbocycles. The molecule has 0 fully saturated rings. The van der Waals surface area contributed by atoms with Gasteiger partial charge in [0.05, 0.1) is 0 Å². The van der Waals surface area contributed by atoms with Crippen LogP contribution < -0.4 is 0 Å². The van der Waals surface area contributed by atoms with Gasteiger partial charge in [-0.25, -0.2) is 0 Å². The zero-order chi connectivity index (χ0) is 8.69. The Morgan fingerprint density at radius 3 is 2.64 bits per heavy atom. The van der Waals surface area contributed by atoms with Crippen LogP contribution in [0.4, 0.5) is 0 Å². The zero-order valence-corrected chi connectivity index (χ0v) is 8.23. The van der Waals surface area contributed by atoms with Crippen molar-refractivity contribution in [2.75, 3.05) is 0 Å². The van der Waals surface area contributed by atoms with Crippen LogP contribution in [0, 0.1) is 0 Å². The van der Waals surface area contributed by atoms with Gasteiger partial charge in [0.1, 0.15) is 5.17 Å². The first kappa shape index (κ1) is 10.7. The van der Waals surface area contributed by atoms with Crippen LogP contribution in [0.25, 0.3) is 0 Å². The van der Waals surface area contributed by atoms with Crippen LogP contribution in [0.2, 0.25) is 0 Å². The SMILES string of the molecule is CC/C=C/C(Cl)=N\C(C)CC. The highest BCUT2D eigenvalue weighted by molar-refractivity contribution is 6.68. The van der Waals surface area contributed by atoms with E-state index in [0.717, 1.165) is 12.8 Å². The van der Waals surface area contributed by atoms with Gasteiger partial charge in [-0.05, 0) is 25.8 Å². The summed E-state index contributed by atoms with van der Waals surface area (Å²) in [6, 6.07) is 0.337. The smallest absolute Gasteiger partial charge is 0.123 e. The summed E-state index contributed by atoms with van der Waals surface area (Å²) in [7, 11) is 0. The van der Waals surface area contributed by atoms with Crippen molar-refractivity contribution in [3.05, 3.63) is 12.2 Å². The van der Waals surface area contributed by atoms with Crippen LogP contribution in [0.3, 0.4) is 0 Å². The molecule has 0 N–H and O–H groups in total. The highest BCUT2D eigenvalue weighted by atomic mass is 35.5. The van der Waals surface area contributed by atoms with E-state index in [4.69, 9.17) is 11.6 Å². The van der Waals surface area contributed by atoms with Gasteiger partial charge in [-0.3, -0.25) is 4.99 Å². The molecule has 0 heterocycles. The van der Waals surface area contributed by atoms with Crippen LogP contribution in [0.1, 0.15) is 33.6 Å². The molecule has 0 aliphatic rings. The van der Waals surface area contributed by atoms with E-state index < -0.39 is 0 Å². The van der Waals surface area contributed by atoms with E-state index in [-0.39, 0.29) is 0 Å². The van der Waals surface area contributed by atoms with Crippen LogP contribution >= 0.6 is 11.6 Å². The molecule has 0 radical (unpaired) electrons. The Bertz CT molecular complexity index is 150. The molecule has 1 unspecified atom stereocenters. The summed E-state index contributed by atoms with van der Waals surface area (Å²) >= 11 is 5.80. The van der Waals surface area contributed by atoms with Crippen molar-refractivity contribution in [2.24, 2.45) is 4.99 Å². The summed E-state index contributed by atoms with van der Waals surface area (Å²) in [5.74, 6) is 0. The van der Waals surface area contributed by atoms with Gasteiger partial charge in [0, 0.05) is 6.04 Å². The standard InChI is InChI=1S/C9H16ClN/c1-4-6-7-9(10)11-8(3)5-2/h6-8H,4-5H2,1-3H3/b7-6+,11-9+. The fourth-order valence-corrected chi connectivity index (χ4v) is 0.816. The Balaban J connectivity index is 3.89. The van der Waals surface area contributed by atoms with Crippen molar-refractivity contribution in [1.82, 2.24) is 0 Å². The van der Waals surface area contributed by atoms with E-state index in [1.807, 2.05) is 12.2 Å². The molecule has 0 spiro atoms. The number of aliphatic imine (C=N–C) groups is 1. The molecule has 1 atom stereocenters. The molecule has 0 saturated carbocycles. The van der Waals surface area contributed by atoms with Gasteiger partial charge < -0.3 is 0 Å². The minimum Gasteiger partial charge on any atom is -0.270 e. The lowest BCUT2D eigenvalue weighted by Crippen LogP contribution is -1.96. The number of rotatable bonds is 4. The Hall–Kier alpha value is -0.300. The second-order valence-electron chi connectivity index (χ2n) is 2.52. The Morgan fingerprint density at radius 2 is 2.18 bits per heavy atom. The highest BCUT2D eigenvalue weighted by Gasteiger charge is 1.93. The second kappa shape index (κ2) is 6.41. The summed E-state index contributed by atoms with van der Waals surface area (Å²) in [4.78, 5) is 4.23. The molecule has 0 aromatic heterocycles. The first-order valence-electron chi connectivity index (χ1n) is 4.10. The maximum absolute atomic E-state index is 5.80. The van der Waals surface area contributed by atoms with Crippen molar-refractivity contribution < 1.29 is 0 Å². The fraction of sp³-hybridized carbons (Fsp3) is 0.667. The summed E-state index contributed by atoms with van der Waals surface area (Å²) in [6.45, 7) is 6.23. The van der Waals surface area contributed by atoms with Gasteiger partial charge in [0.2, 0.25) is 0 Å². The summed E-state index contributed by atoms with van der Waals surface area (Å²) < 4.78 is 0. The Labute approximate surface area is 74.2 Å². The summed E-state index contributed by atoms with van der Waals surface area (Å²) in [6.07, 6.45) is 5.91. The van der Waals surface area contributed by atoms with Gasteiger partial charge >= 0.3 is 0 Å². The minimum atomic E-state index is 0.337. The van der Waals surface area contributed by atoms with Crippen molar-refractivity contribution in [3.63, 3.8) is 0 Å². The predicted octanol–water partition coefficient (Wildman–Crippen LogP) is 3.39. The molecule has 0 aromatic carbocycles. The van der Waals surface area contributed by atoms with E-state index in [2.05, 4.69) is 25.8 Å². The van der Waals surface area contributed by atoms with E-state index in [0.29, 0.717) is 11.2 Å². The maximum Gasteiger partial charge on any atom is 0.123 e. The Kier molecular flexibility index (Phi) is 6.24. The van der Waals surface area contributed by atoms with Crippen LogP contribution in [0.5, 0.6) is 0 Å². The fourth-order valence-electron chi connectivity index (χ4n) is 0.560. The summed E-state index contributed by atoms with van der Waals surface area (Å²) in [5, 5.41) is 0.612. The molecule has 0 aliphatic heterocycles. The molecule has 0 rings (SSSR count). The molecular weight excluding hydrogens is 158 g/mol. The van der Waals surface area contributed by atoms with Gasteiger partial charge in [-0.2, -0.15) is 0 Å². The number of hydrogen-bond acceptors (Lipinski definition) is 1. The molecule has 0 amide bonds. The van der Waals surface area contributed by atoms with Crippen molar-refractivity contribution in [1.29, 1.82) is 0 Å². The average Bonchev–Trinajstić information content (AvgIpc) is 2.00. The van der Waals surface area contributed by atoms with Crippen molar-refractivity contribution >= 4 is 16.8 Å². The normalized spacial score (nSPS) is 15.8. The van der Waals surface area contributed by atoms with Gasteiger partial charge in [-0.15, -0.1) is 0 Å². The second-order valence-corrected chi connectivity index (χ2v) is 2.91. The monoisotopic (exact) mass is 173 g/mol. The quantitative estimate of drug-likeness (QED) is 0.578. The lowest BCUT2D eigenvalue weighted by molar-refractivity contribution is 0.719.